The van der Waals surface area contributed by atoms with E-state index in [0.29, 0.717) is 13.1 Å². The van der Waals surface area contributed by atoms with E-state index in [4.69, 9.17) is 11.6 Å². The van der Waals surface area contributed by atoms with Crippen LogP contribution in [0.3, 0.4) is 0 Å². The van der Waals surface area contributed by atoms with Crippen molar-refractivity contribution >= 4 is 29.1 Å². The lowest BCUT2D eigenvalue weighted by molar-refractivity contribution is -0.135. The molecule has 3 rings (SSSR count). The van der Waals surface area contributed by atoms with Crippen molar-refractivity contribution in [3.8, 4) is 0 Å². The summed E-state index contributed by atoms with van der Waals surface area (Å²) >= 11 is 6.02. The normalized spacial score (nSPS) is 18.5. The molecule has 2 aliphatic rings. The highest BCUT2D eigenvalue weighted by atomic mass is 35.5. The van der Waals surface area contributed by atoms with Gasteiger partial charge >= 0.3 is 0 Å². The van der Waals surface area contributed by atoms with Crippen molar-refractivity contribution in [2.45, 2.75) is 19.3 Å². The first-order valence-corrected chi connectivity index (χ1v) is 8.57. The quantitative estimate of drug-likeness (QED) is 0.914. The number of hydrogen-bond acceptors (Lipinski definition) is 3. The van der Waals surface area contributed by atoms with Gasteiger partial charge in [0.25, 0.3) is 0 Å². The summed E-state index contributed by atoms with van der Waals surface area (Å²) in [4.78, 5) is 28.0. The minimum absolute atomic E-state index is 0.00316. The smallest absolute Gasteiger partial charge is 0.242 e. The lowest BCUT2D eigenvalue weighted by Crippen LogP contribution is -2.51. The second-order valence-electron chi connectivity index (χ2n) is 6.19. The summed E-state index contributed by atoms with van der Waals surface area (Å²) in [5.74, 6) is 0.160. The molecule has 0 atom stereocenters. The Balaban J connectivity index is 1.44. The molecule has 5 nitrogen and oxygen atoms in total. The molecule has 1 N–H and O–H groups in total. The number of amides is 2. The summed E-state index contributed by atoms with van der Waals surface area (Å²) in [5, 5.41) is 3.49. The molecule has 124 valence electrons. The molecular weight excluding hydrogens is 314 g/mol. The molecule has 23 heavy (non-hydrogen) atoms. The van der Waals surface area contributed by atoms with Gasteiger partial charge in [-0.1, -0.05) is 24.1 Å². The van der Waals surface area contributed by atoms with Crippen molar-refractivity contribution < 1.29 is 9.59 Å². The third-order valence-electron chi connectivity index (χ3n) is 4.70. The van der Waals surface area contributed by atoms with Gasteiger partial charge < -0.3 is 15.1 Å². The molecule has 0 radical (unpaired) electrons. The summed E-state index contributed by atoms with van der Waals surface area (Å²) in [7, 11) is 0. The van der Waals surface area contributed by atoms with Crippen molar-refractivity contribution in [2.24, 2.45) is 5.92 Å². The van der Waals surface area contributed by atoms with Crippen LogP contribution in [0.2, 0.25) is 5.02 Å². The van der Waals surface area contributed by atoms with Crippen LogP contribution in [0.15, 0.2) is 24.3 Å². The highest BCUT2D eigenvalue weighted by molar-refractivity contribution is 6.30. The van der Waals surface area contributed by atoms with Gasteiger partial charge in [0.2, 0.25) is 11.8 Å². The fourth-order valence-corrected chi connectivity index (χ4v) is 3.16. The zero-order valence-corrected chi connectivity index (χ0v) is 13.9. The van der Waals surface area contributed by atoms with Crippen molar-refractivity contribution in [3.63, 3.8) is 0 Å². The minimum Gasteiger partial charge on any atom is -0.368 e. The monoisotopic (exact) mass is 335 g/mol. The lowest BCUT2D eigenvalue weighted by atomic mass is 9.85. The summed E-state index contributed by atoms with van der Waals surface area (Å²) in [6.07, 6.45) is 3.04. The van der Waals surface area contributed by atoms with Crippen LogP contribution >= 0.6 is 11.6 Å². The first-order chi connectivity index (χ1) is 11.1. The van der Waals surface area contributed by atoms with Crippen molar-refractivity contribution in [3.05, 3.63) is 29.3 Å². The maximum atomic E-state index is 12.2. The van der Waals surface area contributed by atoms with Gasteiger partial charge in [0.1, 0.15) is 0 Å². The molecule has 0 unspecified atom stereocenters. The molecule has 0 spiro atoms. The lowest BCUT2D eigenvalue weighted by Gasteiger charge is -2.36. The highest BCUT2D eigenvalue weighted by Crippen LogP contribution is 2.26. The van der Waals surface area contributed by atoms with Crippen LogP contribution in [0.25, 0.3) is 0 Å². The maximum Gasteiger partial charge on any atom is 0.242 e. The number of halogens is 1. The molecule has 0 bridgehead atoms. The minimum atomic E-state index is 0.00316. The van der Waals surface area contributed by atoms with Gasteiger partial charge in [0.15, 0.2) is 0 Å². The average Bonchev–Trinajstić information content (AvgIpc) is 2.51. The zero-order valence-electron chi connectivity index (χ0n) is 13.1. The Morgan fingerprint density at radius 1 is 1.17 bits per heavy atom. The van der Waals surface area contributed by atoms with E-state index in [1.807, 2.05) is 29.2 Å². The summed E-state index contributed by atoms with van der Waals surface area (Å²) in [6, 6.07) is 7.76. The highest BCUT2D eigenvalue weighted by Gasteiger charge is 2.26. The number of nitrogens with one attached hydrogen (secondary N) is 1. The van der Waals surface area contributed by atoms with E-state index in [-0.39, 0.29) is 24.3 Å². The number of piperazine rings is 1. The fraction of sp³-hybridized carbons (Fsp3) is 0.529. The van der Waals surface area contributed by atoms with Gasteiger partial charge in [0, 0.05) is 42.8 Å². The molecule has 1 saturated carbocycles. The van der Waals surface area contributed by atoms with Crippen LogP contribution in [0, 0.1) is 5.92 Å². The molecule has 1 heterocycles. The predicted octanol–water partition coefficient (Wildman–Crippen LogP) is 1.90. The maximum absolute atomic E-state index is 12.2. The summed E-state index contributed by atoms with van der Waals surface area (Å²) in [5.41, 5.74) is 1.09. The van der Waals surface area contributed by atoms with Gasteiger partial charge in [-0.25, -0.2) is 0 Å². The van der Waals surface area contributed by atoms with Crippen LogP contribution in [-0.2, 0) is 9.59 Å². The van der Waals surface area contributed by atoms with Gasteiger partial charge in [-0.2, -0.15) is 0 Å². The Morgan fingerprint density at radius 3 is 2.52 bits per heavy atom. The average molecular weight is 336 g/mol. The number of carbonyl (C=O) groups excluding carboxylic acids is 2. The standard InChI is InChI=1S/C17H22ClN3O2/c18-14-5-2-6-15(11-14)20-7-9-21(10-8-20)16(22)12-19-17(23)13-3-1-4-13/h2,5-6,11,13H,1,3-4,7-10,12H2,(H,19,23). The molecule has 2 amide bonds. The second kappa shape index (κ2) is 7.21. The van der Waals surface area contributed by atoms with E-state index in [1.165, 1.54) is 0 Å². The van der Waals surface area contributed by atoms with E-state index < -0.39 is 0 Å². The van der Waals surface area contributed by atoms with Gasteiger partial charge in [0.05, 0.1) is 6.54 Å². The number of rotatable bonds is 4. The molecule has 0 aromatic heterocycles. The Labute approximate surface area is 141 Å². The Hall–Kier alpha value is -1.75. The van der Waals surface area contributed by atoms with Crippen LogP contribution in [0.4, 0.5) is 5.69 Å². The van der Waals surface area contributed by atoms with Gasteiger partial charge in [-0.05, 0) is 31.0 Å². The molecular formula is C17H22ClN3O2. The Kier molecular flexibility index (Phi) is 5.06. The van der Waals surface area contributed by atoms with E-state index in [1.54, 1.807) is 0 Å². The Bertz CT molecular complexity index is 581. The van der Waals surface area contributed by atoms with Crippen LogP contribution in [0.5, 0.6) is 0 Å². The second-order valence-corrected chi connectivity index (χ2v) is 6.63. The topological polar surface area (TPSA) is 52.7 Å². The van der Waals surface area contributed by atoms with Crippen LogP contribution in [0.1, 0.15) is 19.3 Å². The van der Waals surface area contributed by atoms with Gasteiger partial charge in [-0.3, -0.25) is 9.59 Å². The van der Waals surface area contributed by atoms with E-state index in [0.717, 1.165) is 43.1 Å². The first-order valence-electron chi connectivity index (χ1n) is 8.19. The largest absolute Gasteiger partial charge is 0.368 e. The van der Waals surface area contributed by atoms with Crippen LogP contribution in [-0.4, -0.2) is 49.4 Å². The van der Waals surface area contributed by atoms with Crippen LogP contribution < -0.4 is 10.2 Å². The van der Waals surface area contributed by atoms with E-state index in [9.17, 15) is 9.59 Å². The molecule has 2 fully saturated rings. The van der Waals surface area contributed by atoms with Crippen molar-refractivity contribution in [2.75, 3.05) is 37.6 Å². The summed E-state index contributed by atoms with van der Waals surface area (Å²) in [6.45, 7) is 3.02. The predicted molar refractivity (Wildman–Crippen MR) is 90.6 cm³/mol. The molecule has 6 heteroatoms. The van der Waals surface area contributed by atoms with E-state index >= 15 is 0 Å². The molecule has 1 aliphatic heterocycles. The molecule has 1 saturated heterocycles. The Morgan fingerprint density at radius 2 is 1.91 bits per heavy atom. The number of nitrogens with zero attached hydrogens (tertiary/aromatic N) is 2. The van der Waals surface area contributed by atoms with Crippen molar-refractivity contribution in [1.29, 1.82) is 0 Å². The SMILES string of the molecule is O=C(NCC(=O)N1CCN(c2cccc(Cl)c2)CC1)C1CCC1. The zero-order chi connectivity index (χ0) is 16.2. The fourth-order valence-electron chi connectivity index (χ4n) is 2.98. The first kappa shape index (κ1) is 16.1. The number of anilines is 1. The summed E-state index contributed by atoms with van der Waals surface area (Å²) < 4.78 is 0. The molecule has 1 aromatic carbocycles. The van der Waals surface area contributed by atoms with E-state index in [2.05, 4.69) is 10.2 Å². The number of carbonyl (C=O) groups is 2. The molecule has 1 aliphatic carbocycles. The van der Waals surface area contributed by atoms with Crippen molar-refractivity contribution in [1.82, 2.24) is 10.2 Å². The number of benzene rings is 1. The third kappa shape index (κ3) is 3.96. The van der Waals surface area contributed by atoms with Gasteiger partial charge in [-0.15, -0.1) is 0 Å². The molecule has 1 aromatic rings. The third-order valence-corrected chi connectivity index (χ3v) is 4.93. The number of hydrogen-bond donors (Lipinski definition) is 1.